The van der Waals surface area contributed by atoms with Gasteiger partial charge in [-0.05, 0) is 74.1 Å². The van der Waals surface area contributed by atoms with E-state index in [4.69, 9.17) is 15.1 Å². The summed E-state index contributed by atoms with van der Waals surface area (Å²) in [6.45, 7) is 19.5. The van der Waals surface area contributed by atoms with Crippen molar-refractivity contribution < 1.29 is 23.8 Å². The third-order valence-corrected chi connectivity index (χ3v) is 8.56. The van der Waals surface area contributed by atoms with Crippen LogP contribution in [0.2, 0.25) is 0 Å². The van der Waals surface area contributed by atoms with Gasteiger partial charge in [-0.2, -0.15) is 0 Å². The molecule has 1 atom stereocenters. The number of allylic oxidation sites excluding steroid dienone is 2. The van der Waals surface area contributed by atoms with E-state index >= 15 is 0 Å². The van der Waals surface area contributed by atoms with Crippen molar-refractivity contribution in [1.29, 1.82) is 5.41 Å². The van der Waals surface area contributed by atoms with Gasteiger partial charge in [-0.1, -0.05) is 102 Å². The van der Waals surface area contributed by atoms with Crippen LogP contribution >= 0.6 is 0 Å². The molecule has 0 bridgehead atoms. The number of imidazole rings is 1. The zero-order valence-electron chi connectivity index (χ0n) is 34.8. The quantitative estimate of drug-likeness (QED) is 0.0237. The molecule has 10 heteroatoms. The van der Waals surface area contributed by atoms with Crippen LogP contribution < -0.4 is 10.2 Å². The van der Waals surface area contributed by atoms with Gasteiger partial charge in [0.15, 0.2) is 0 Å². The van der Waals surface area contributed by atoms with Crippen LogP contribution in [0, 0.1) is 11.3 Å². The third kappa shape index (κ3) is 15.5. The van der Waals surface area contributed by atoms with E-state index in [2.05, 4.69) is 46.0 Å². The Morgan fingerprint density at radius 3 is 2.11 bits per heavy atom. The van der Waals surface area contributed by atoms with Gasteiger partial charge in [0.05, 0.1) is 30.1 Å². The van der Waals surface area contributed by atoms with Gasteiger partial charge in [0.1, 0.15) is 5.82 Å². The average molecular weight is 780 g/mol. The maximum atomic E-state index is 12.2. The topological polar surface area (TPSA) is 131 Å². The number of hydrogen-bond donors (Lipinski definition) is 4. The number of anilines is 1. The van der Waals surface area contributed by atoms with Gasteiger partial charge in [0, 0.05) is 53.8 Å². The molecule has 2 heterocycles. The summed E-state index contributed by atoms with van der Waals surface area (Å²) in [7, 11) is 0. The van der Waals surface area contributed by atoms with Crippen molar-refractivity contribution in [1.82, 2.24) is 15.3 Å². The van der Waals surface area contributed by atoms with Gasteiger partial charge >= 0.3 is 5.97 Å². The summed E-state index contributed by atoms with van der Waals surface area (Å²) in [5.74, 6) is -0.266. The number of benzene rings is 3. The molecule has 306 valence electrons. The molecular formula is C47H62FN5O4. The van der Waals surface area contributed by atoms with Gasteiger partial charge in [-0.25, -0.2) is 9.37 Å². The minimum atomic E-state index is -1.38. The fraction of sp³-hybridized carbons (Fsp3) is 0.362. The van der Waals surface area contributed by atoms with Crippen LogP contribution in [0.5, 0.6) is 0 Å². The Kier molecular flexibility index (Phi) is 21.9. The van der Waals surface area contributed by atoms with Crippen LogP contribution in [-0.2, 0) is 14.3 Å². The van der Waals surface area contributed by atoms with E-state index in [-0.39, 0.29) is 24.0 Å². The summed E-state index contributed by atoms with van der Waals surface area (Å²) in [5, 5.41) is 21.6. The van der Waals surface area contributed by atoms with Gasteiger partial charge in [0.25, 0.3) is 0 Å². The van der Waals surface area contributed by atoms with E-state index in [1.165, 1.54) is 24.6 Å². The number of esters is 1. The van der Waals surface area contributed by atoms with Crippen LogP contribution in [0.4, 0.5) is 10.1 Å². The second kappa shape index (κ2) is 26.3. The second-order valence-electron chi connectivity index (χ2n) is 13.0. The predicted octanol–water partition coefficient (Wildman–Crippen LogP) is 10.9. The Bertz CT molecular complexity index is 1850. The number of aromatic nitrogens is 2. The highest BCUT2D eigenvalue weighted by Crippen LogP contribution is 2.34. The molecule has 1 fully saturated rings. The summed E-state index contributed by atoms with van der Waals surface area (Å²) >= 11 is 0. The molecule has 3 aromatic carbocycles. The van der Waals surface area contributed by atoms with E-state index in [0.29, 0.717) is 18.4 Å². The second-order valence-corrected chi connectivity index (χ2v) is 13.0. The van der Waals surface area contributed by atoms with Crippen molar-refractivity contribution in [3.8, 4) is 33.9 Å². The molecule has 0 aliphatic carbocycles. The summed E-state index contributed by atoms with van der Waals surface area (Å²) < 4.78 is 15.6. The third-order valence-electron chi connectivity index (χ3n) is 8.56. The van der Waals surface area contributed by atoms with Crippen LogP contribution in [0.1, 0.15) is 91.7 Å². The van der Waals surface area contributed by atoms with E-state index < -0.39 is 12.3 Å². The Hall–Kier alpha value is -5.61. The smallest absolute Gasteiger partial charge is 0.310 e. The van der Waals surface area contributed by atoms with Crippen molar-refractivity contribution in [3.63, 3.8) is 0 Å². The number of unbranched alkanes of at least 4 members (excludes halogenated alkanes) is 1. The molecule has 4 aromatic rings. The molecule has 57 heavy (non-hydrogen) atoms. The Morgan fingerprint density at radius 1 is 0.965 bits per heavy atom. The maximum absolute atomic E-state index is 12.2. The first-order valence-electron chi connectivity index (χ1n) is 20.0. The summed E-state index contributed by atoms with van der Waals surface area (Å²) in [6.07, 6.45) is 9.68. The molecule has 5 rings (SSSR count). The van der Waals surface area contributed by atoms with Crippen LogP contribution in [0.3, 0.4) is 0 Å². The highest BCUT2D eigenvalue weighted by atomic mass is 19.1. The number of nitrogens with zero attached hydrogens (tertiary/aromatic N) is 2. The lowest BCUT2D eigenvalue weighted by atomic mass is 10.0. The minimum absolute atomic E-state index is 0.110. The molecule has 1 amide bonds. The number of rotatable bonds is 15. The molecule has 1 aliphatic rings. The fourth-order valence-corrected chi connectivity index (χ4v) is 5.62. The largest absolute Gasteiger partial charge is 0.435 e. The van der Waals surface area contributed by atoms with Crippen LogP contribution in [0.15, 0.2) is 104 Å². The number of aromatic amines is 1. The lowest BCUT2D eigenvalue weighted by Crippen LogP contribution is -2.23. The monoisotopic (exact) mass is 779 g/mol. The number of nitrogens with one attached hydrogen (secondary N) is 3. The number of aliphatic hydroxyl groups is 1. The zero-order chi connectivity index (χ0) is 42.2. The first-order valence-corrected chi connectivity index (χ1v) is 20.0. The number of carbonyl (C=O) groups excluding carboxylic acids is 2. The van der Waals surface area contributed by atoms with Crippen LogP contribution in [0.25, 0.3) is 40.0 Å². The van der Waals surface area contributed by atoms with E-state index in [1.807, 2.05) is 82.3 Å². The summed E-state index contributed by atoms with van der Waals surface area (Å²) in [6, 6.07) is 23.9. The average Bonchev–Trinajstić information content (AvgIpc) is 3.95. The zero-order valence-corrected chi connectivity index (χ0v) is 34.8. The first kappa shape index (κ1) is 47.5. The molecule has 1 unspecified atom stereocenters. The minimum Gasteiger partial charge on any atom is -0.435 e. The SMILES string of the molecule is C/C=C/F.C=CCCCNC(=O)/C=C/c1ccc(-c2[nH]c(-c3ccc(N4CCCC4)cc3)nc2-c2ccc(C(=N)CC(O)OC(=O)C(C)C)cc2)cc1.CC.CC. The highest BCUT2D eigenvalue weighted by molar-refractivity contribution is 5.99. The number of ether oxygens (including phenoxy) is 1. The molecule has 0 saturated carbocycles. The highest BCUT2D eigenvalue weighted by Gasteiger charge is 2.19. The predicted molar refractivity (Wildman–Crippen MR) is 235 cm³/mol. The maximum Gasteiger partial charge on any atom is 0.310 e. The Morgan fingerprint density at radius 2 is 1.54 bits per heavy atom. The van der Waals surface area contributed by atoms with Crippen molar-refractivity contribution in [2.75, 3.05) is 24.5 Å². The molecular weight excluding hydrogens is 718 g/mol. The fourth-order valence-electron chi connectivity index (χ4n) is 5.62. The lowest BCUT2D eigenvalue weighted by Gasteiger charge is -2.17. The van der Waals surface area contributed by atoms with Gasteiger partial charge in [0.2, 0.25) is 12.2 Å². The van der Waals surface area contributed by atoms with Gasteiger partial charge in [-0.3, -0.25) is 9.59 Å². The molecule has 9 nitrogen and oxygen atoms in total. The number of H-pyrrole nitrogens is 1. The Labute approximate surface area is 339 Å². The van der Waals surface area contributed by atoms with E-state index in [0.717, 1.165) is 65.4 Å². The first-order chi connectivity index (χ1) is 27.6. The number of hydrogen-bond acceptors (Lipinski definition) is 7. The van der Waals surface area contributed by atoms with Gasteiger partial charge < -0.3 is 30.5 Å². The molecule has 1 aliphatic heterocycles. The molecule has 0 spiro atoms. The van der Waals surface area contributed by atoms with Crippen molar-refractivity contribution in [3.05, 3.63) is 115 Å². The molecule has 0 radical (unpaired) electrons. The molecule has 4 N–H and O–H groups in total. The molecule has 1 saturated heterocycles. The van der Waals surface area contributed by atoms with Gasteiger partial charge in [-0.15, -0.1) is 6.58 Å². The van der Waals surface area contributed by atoms with Crippen molar-refractivity contribution in [2.24, 2.45) is 5.92 Å². The Balaban J connectivity index is 0.00000130. The van der Waals surface area contributed by atoms with Crippen molar-refractivity contribution >= 4 is 29.4 Å². The molecule has 1 aromatic heterocycles. The van der Waals surface area contributed by atoms with E-state index in [1.54, 1.807) is 32.9 Å². The standard InChI is InChI=1S/C40H45N5O4.C3H5F.2C2H6/c1-4-5-6-23-42-35(46)22-11-28-9-12-30(13-10-28)37-38(44-39(43-37)32-18-20-33(21-19-32)45-24-7-8-25-45)31-16-14-29(15-17-31)34(41)26-36(47)49-40(48)27(2)3;1-2-3-4;2*1-2/h4,9-22,27,36,41,47H,1,5-8,23-26H2,2-3H3,(H,42,46)(H,43,44);2-3H,1H3;2*1-2H3/b22-11+,41-34?;3-2+;;. The number of halogens is 1. The summed E-state index contributed by atoms with van der Waals surface area (Å²) in [5.41, 5.74) is 7.23. The number of amides is 1. The lowest BCUT2D eigenvalue weighted by molar-refractivity contribution is -0.170. The van der Waals surface area contributed by atoms with Crippen LogP contribution in [-0.4, -0.2) is 58.6 Å². The normalized spacial score (nSPS) is 12.5. The number of carbonyl (C=O) groups is 2. The number of aliphatic hydroxyl groups excluding tert-OH is 1. The van der Waals surface area contributed by atoms with E-state index in [9.17, 15) is 19.1 Å². The van der Waals surface area contributed by atoms with Crippen molar-refractivity contribution in [2.45, 2.75) is 86.9 Å². The summed E-state index contributed by atoms with van der Waals surface area (Å²) in [4.78, 5) is 35.1.